The van der Waals surface area contributed by atoms with Crippen LogP contribution in [0.2, 0.25) is 0 Å². The molecule has 0 radical (unpaired) electrons. The fourth-order valence-corrected chi connectivity index (χ4v) is 2.32. The van der Waals surface area contributed by atoms with Crippen molar-refractivity contribution in [2.45, 2.75) is 12.5 Å². The van der Waals surface area contributed by atoms with Crippen LogP contribution in [0.5, 0.6) is 0 Å². The van der Waals surface area contributed by atoms with Gasteiger partial charge in [-0.25, -0.2) is 0 Å². The number of hydrogen-bond donors (Lipinski definition) is 0. The van der Waals surface area contributed by atoms with Crippen LogP contribution in [0, 0.1) is 0 Å². The van der Waals surface area contributed by atoms with E-state index < -0.39 is 0 Å². The molecule has 3 heteroatoms. The van der Waals surface area contributed by atoms with Crippen molar-refractivity contribution in [2.75, 3.05) is 6.61 Å². The summed E-state index contributed by atoms with van der Waals surface area (Å²) in [4.78, 5) is 1.32. The van der Waals surface area contributed by atoms with Gasteiger partial charge in [-0.1, -0.05) is 0 Å². The lowest BCUT2D eigenvalue weighted by Gasteiger charge is -1.97. The van der Waals surface area contributed by atoms with Gasteiger partial charge in [0, 0.05) is 4.88 Å². The quantitative estimate of drug-likeness (QED) is 0.661. The molecule has 0 aliphatic carbocycles. The van der Waals surface area contributed by atoms with E-state index in [1.165, 1.54) is 8.66 Å². The highest BCUT2D eigenvalue weighted by molar-refractivity contribution is 9.11. The van der Waals surface area contributed by atoms with E-state index in [0.717, 1.165) is 6.61 Å². The molecule has 0 N–H and O–H groups in total. The maximum atomic E-state index is 5.28. The Balaban J connectivity index is 2.34. The molecule has 10 heavy (non-hydrogen) atoms. The smallest absolute Gasteiger partial charge is 0.123 e. The summed E-state index contributed by atoms with van der Waals surface area (Å²) in [5.41, 5.74) is 0.0523. The van der Waals surface area contributed by atoms with E-state index >= 15 is 0 Å². The predicted molar refractivity (Wildman–Crippen MR) is 45.3 cm³/mol. The molecule has 1 nitrogen and oxygen atoms in total. The molecule has 1 aliphatic rings. The monoisotopic (exact) mass is 218 g/mol. The molecule has 0 aromatic carbocycles. The zero-order valence-electron chi connectivity index (χ0n) is 5.56. The van der Waals surface area contributed by atoms with Crippen molar-refractivity contribution in [1.82, 2.24) is 0 Å². The molecule has 1 unspecified atom stereocenters. The molecule has 0 bridgehead atoms. The third-order valence-electron chi connectivity index (χ3n) is 1.67. The Morgan fingerprint density at radius 2 is 2.40 bits per heavy atom. The first kappa shape index (κ1) is 6.83. The summed E-state index contributed by atoms with van der Waals surface area (Å²) in [6, 6.07) is 4.18. The van der Waals surface area contributed by atoms with Gasteiger partial charge in [0.05, 0.1) is 10.4 Å². The van der Waals surface area contributed by atoms with Gasteiger partial charge in [-0.3, -0.25) is 0 Å². The van der Waals surface area contributed by atoms with Crippen LogP contribution in [0.1, 0.15) is 11.8 Å². The van der Waals surface area contributed by atoms with E-state index in [1.54, 1.807) is 11.3 Å². The summed E-state index contributed by atoms with van der Waals surface area (Å²) < 4.78 is 6.46. The van der Waals surface area contributed by atoms with Crippen LogP contribution in [0.25, 0.3) is 0 Å². The van der Waals surface area contributed by atoms with Crippen LogP contribution in [0.15, 0.2) is 15.9 Å². The normalized spacial score (nSPS) is 30.6. The molecular weight excluding hydrogens is 212 g/mol. The van der Waals surface area contributed by atoms with Crippen molar-refractivity contribution >= 4 is 27.3 Å². The number of rotatable bonds is 1. The largest absolute Gasteiger partial charge is 0.364 e. The zero-order chi connectivity index (χ0) is 7.19. The van der Waals surface area contributed by atoms with E-state index in [0.29, 0.717) is 0 Å². The Bertz CT molecular complexity index is 252. The van der Waals surface area contributed by atoms with Crippen molar-refractivity contribution in [3.63, 3.8) is 0 Å². The minimum Gasteiger partial charge on any atom is -0.364 e. The molecule has 1 fully saturated rings. The number of ether oxygens (including phenoxy) is 1. The van der Waals surface area contributed by atoms with Crippen LogP contribution < -0.4 is 0 Å². The van der Waals surface area contributed by atoms with E-state index in [9.17, 15) is 0 Å². The second kappa shape index (κ2) is 2.06. The Labute approximate surface area is 72.1 Å². The van der Waals surface area contributed by atoms with E-state index in [4.69, 9.17) is 4.74 Å². The Morgan fingerprint density at radius 1 is 1.70 bits per heavy atom. The van der Waals surface area contributed by atoms with Gasteiger partial charge in [0.2, 0.25) is 0 Å². The molecule has 1 saturated heterocycles. The molecule has 1 aliphatic heterocycles. The van der Waals surface area contributed by atoms with Crippen molar-refractivity contribution < 1.29 is 4.74 Å². The van der Waals surface area contributed by atoms with Crippen LogP contribution in [-0.4, -0.2) is 6.61 Å². The van der Waals surface area contributed by atoms with Crippen molar-refractivity contribution in [3.05, 3.63) is 20.8 Å². The molecule has 2 heterocycles. The molecule has 0 saturated carbocycles. The SMILES string of the molecule is CC1(c2ccc(Br)s2)CO1. The number of thiophene rings is 1. The van der Waals surface area contributed by atoms with Gasteiger partial charge >= 0.3 is 0 Å². The van der Waals surface area contributed by atoms with Gasteiger partial charge in [0.15, 0.2) is 0 Å². The van der Waals surface area contributed by atoms with Gasteiger partial charge in [0.25, 0.3) is 0 Å². The van der Waals surface area contributed by atoms with Gasteiger partial charge in [-0.2, -0.15) is 0 Å². The van der Waals surface area contributed by atoms with Crippen LogP contribution in [0.3, 0.4) is 0 Å². The van der Waals surface area contributed by atoms with Gasteiger partial charge < -0.3 is 4.74 Å². The molecule has 1 atom stereocenters. The molecule has 0 spiro atoms. The highest BCUT2D eigenvalue weighted by Crippen LogP contribution is 2.42. The maximum Gasteiger partial charge on any atom is 0.123 e. The summed E-state index contributed by atoms with van der Waals surface area (Å²) in [6.45, 7) is 2.99. The third-order valence-corrected chi connectivity index (χ3v) is 3.54. The molecule has 1 aromatic rings. The Hall–Kier alpha value is 0.140. The Morgan fingerprint density at radius 3 is 2.80 bits per heavy atom. The predicted octanol–water partition coefficient (Wildman–Crippen LogP) is 2.76. The lowest BCUT2D eigenvalue weighted by Crippen LogP contribution is -1.96. The molecule has 0 amide bonds. The summed E-state index contributed by atoms with van der Waals surface area (Å²) in [7, 11) is 0. The first-order valence-electron chi connectivity index (χ1n) is 3.10. The summed E-state index contributed by atoms with van der Waals surface area (Å²) in [5, 5.41) is 0. The highest BCUT2D eigenvalue weighted by atomic mass is 79.9. The van der Waals surface area contributed by atoms with Crippen LogP contribution in [0.4, 0.5) is 0 Å². The number of halogens is 1. The van der Waals surface area contributed by atoms with Crippen molar-refractivity contribution in [3.8, 4) is 0 Å². The van der Waals surface area contributed by atoms with E-state index in [1.807, 2.05) is 0 Å². The first-order valence-corrected chi connectivity index (χ1v) is 4.71. The van der Waals surface area contributed by atoms with Crippen LogP contribution in [-0.2, 0) is 10.3 Å². The van der Waals surface area contributed by atoms with Crippen LogP contribution >= 0.6 is 27.3 Å². The summed E-state index contributed by atoms with van der Waals surface area (Å²) in [6.07, 6.45) is 0. The average Bonchev–Trinajstić information content (AvgIpc) is 2.45. The lowest BCUT2D eigenvalue weighted by atomic mass is 10.2. The molecular formula is C7H7BrOS. The molecule has 2 rings (SSSR count). The van der Waals surface area contributed by atoms with Gasteiger partial charge in [-0.05, 0) is 35.0 Å². The molecule has 1 aromatic heterocycles. The minimum atomic E-state index is 0.0523. The molecule has 54 valence electrons. The van der Waals surface area contributed by atoms with Gasteiger partial charge in [-0.15, -0.1) is 11.3 Å². The van der Waals surface area contributed by atoms with Crippen molar-refractivity contribution in [1.29, 1.82) is 0 Å². The fraction of sp³-hybridized carbons (Fsp3) is 0.429. The van der Waals surface area contributed by atoms with E-state index in [-0.39, 0.29) is 5.60 Å². The first-order chi connectivity index (χ1) is 4.71. The maximum absolute atomic E-state index is 5.28. The second-order valence-corrected chi connectivity index (χ2v) is 5.09. The second-order valence-electron chi connectivity index (χ2n) is 2.62. The third kappa shape index (κ3) is 1.02. The lowest BCUT2D eigenvalue weighted by molar-refractivity contribution is 0.333. The number of hydrogen-bond acceptors (Lipinski definition) is 2. The van der Waals surface area contributed by atoms with E-state index in [2.05, 4.69) is 35.0 Å². The van der Waals surface area contributed by atoms with Crippen molar-refractivity contribution in [2.24, 2.45) is 0 Å². The zero-order valence-corrected chi connectivity index (χ0v) is 7.96. The van der Waals surface area contributed by atoms with Gasteiger partial charge in [0.1, 0.15) is 5.60 Å². The minimum absolute atomic E-state index is 0.0523. The average molecular weight is 219 g/mol. The number of epoxide rings is 1. The summed E-state index contributed by atoms with van der Waals surface area (Å²) >= 11 is 5.16. The fourth-order valence-electron chi connectivity index (χ4n) is 0.849. The summed E-state index contributed by atoms with van der Waals surface area (Å²) in [5.74, 6) is 0. The standard InChI is InChI=1S/C7H7BrOS/c1-7(4-9-7)5-2-3-6(8)10-5/h2-3H,4H2,1H3. The Kier molecular flexibility index (Phi) is 1.41. The topological polar surface area (TPSA) is 12.5 Å². The highest BCUT2D eigenvalue weighted by Gasteiger charge is 2.42.